The summed E-state index contributed by atoms with van der Waals surface area (Å²) in [7, 11) is 0. The van der Waals surface area contributed by atoms with E-state index in [4.69, 9.17) is 0 Å². The van der Waals surface area contributed by atoms with E-state index in [0.29, 0.717) is 37.6 Å². The first-order chi connectivity index (χ1) is 14.6. The molecule has 156 valence electrons. The summed E-state index contributed by atoms with van der Waals surface area (Å²) in [4.78, 5) is 28.8. The van der Waals surface area contributed by atoms with Crippen LogP contribution in [0, 0.1) is 5.82 Å². The van der Waals surface area contributed by atoms with Crippen LogP contribution in [0.2, 0.25) is 0 Å². The number of carbonyl (C=O) groups excluding carboxylic acids is 2. The Morgan fingerprint density at radius 3 is 2.60 bits per heavy atom. The van der Waals surface area contributed by atoms with E-state index in [2.05, 4.69) is 20.4 Å². The van der Waals surface area contributed by atoms with Crippen LogP contribution in [0.25, 0.3) is 11.3 Å². The average Bonchev–Trinajstić information content (AvgIpc) is 3.47. The lowest BCUT2D eigenvalue weighted by molar-refractivity contribution is 0.0638. The fraction of sp³-hybridized carbons (Fsp3) is 0.286. The molecule has 0 aliphatic carbocycles. The monoisotopic (exact) mass is 427 g/mol. The van der Waals surface area contributed by atoms with Gasteiger partial charge in [0.1, 0.15) is 11.5 Å². The van der Waals surface area contributed by atoms with Crippen molar-refractivity contribution in [2.24, 2.45) is 0 Å². The summed E-state index contributed by atoms with van der Waals surface area (Å²) >= 11 is 1.52. The fourth-order valence-corrected chi connectivity index (χ4v) is 4.00. The van der Waals surface area contributed by atoms with Crippen LogP contribution in [0.3, 0.4) is 0 Å². The number of rotatable bonds is 6. The third kappa shape index (κ3) is 4.74. The molecule has 0 radical (unpaired) electrons. The Morgan fingerprint density at radius 1 is 1.13 bits per heavy atom. The van der Waals surface area contributed by atoms with Gasteiger partial charge in [-0.3, -0.25) is 19.6 Å². The van der Waals surface area contributed by atoms with Crippen LogP contribution in [0.4, 0.5) is 4.39 Å². The maximum Gasteiger partial charge on any atom is 0.269 e. The second kappa shape index (κ2) is 9.19. The van der Waals surface area contributed by atoms with Gasteiger partial charge in [0.25, 0.3) is 11.8 Å². The molecule has 1 aliphatic rings. The van der Waals surface area contributed by atoms with E-state index in [1.807, 2.05) is 21.7 Å². The van der Waals surface area contributed by atoms with Crippen molar-refractivity contribution in [3.8, 4) is 11.3 Å². The summed E-state index contributed by atoms with van der Waals surface area (Å²) in [6.07, 6.45) is 0. The Kier molecular flexibility index (Phi) is 6.20. The first kappa shape index (κ1) is 20.2. The van der Waals surface area contributed by atoms with Crippen molar-refractivity contribution in [3.63, 3.8) is 0 Å². The summed E-state index contributed by atoms with van der Waals surface area (Å²) in [5.74, 6) is -0.466. The summed E-state index contributed by atoms with van der Waals surface area (Å²) in [5, 5.41) is 13.5. The predicted octanol–water partition coefficient (Wildman–Crippen LogP) is 2.47. The van der Waals surface area contributed by atoms with Gasteiger partial charge in [-0.05, 0) is 41.8 Å². The molecule has 2 aromatic heterocycles. The van der Waals surface area contributed by atoms with Crippen molar-refractivity contribution >= 4 is 23.2 Å². The molecular formula is C21H22FN5O2S. The van der Waals surface area contributed by atoms with Crippen LogP contribution in [0.1, 0.15) is 20.8 Å². The Labute approximate surface area is 177 Å². The first-order valence-corrected chi connectivity index (χ1v) is 10.7. The Bertz CT molecular complexity index is 995. The lowest BCUT2D eigenvalue weighted by Crippen LogP contribution is -2.50. The number of aromatic nitrogens is 2. The highest BCUT2D eigenvalue weighted by atomic mass is 32.1. The number of aromatic amines is 1. The van der Waals surface area contributed by atoms with Crippen molar-refractivity contribution in [2.45, 2.75) is 0 Å². The number of hydrogen-bond donors (Lipinski definition) is 2. The largest absolute Gasteiger partial charge is 0.349 e. The highest BCUT2D eigenvalue weighted by molar-refractivity contribution is 7.08. The lowest BCUT2D eigenvalue weighted by atomic mass is 10.1. The summed E-state index contributed by atoms with van der Waals surface area (Å²) in [6.45, 7) is 4.15. The smallest absolute Gasteiger partial charge is 0.269 e. The molecule has 4 rings (SSSR count). The molecule has 1 fully saturated rings. The van der Waals surface area contributed by atoms with E-state index in [9.17, 15) is 14.0 Å². The summed E-state index contributed by atoms with van der Waals surface area (Å²) in [6, 6.07) is 9.46. The van der Waals surface area contributed by atoms with E-state index in [1.165, 1.54) is 23.5 Å². The zero-order valence-electron chi connectivity index (χ0n) is 16.3. The molecule has 0 atom stereocenters. The van der Waals surface area contributed by atoms with Crippen molar-refractivity contribution in [3.05, 3.63) is 64.2 Å². The van der Waals surface area contributed by atoms with E-state index in [-0.39, 0.29) is 17.6 Å². The number of piperazine rings is 1. The number of nitrogens with one attached hydrogen (secondary N) is 2. The molecule has 1 aromatic carbocycles. The number of benzene rings is 1. The lowest BCUT2D eigenvalue weighted by Gasteiger charge is -2.34. The van der Waals surface area contributed by atoms with Crippen molar-refractivity contribution in [1.29, 1.82) is 0 Å². The van der Waals surface area contributed by atoms with E-state index in [1.54, 1.807) is 18.2 Å². The molecule has 3 aromatic rings. The standard InChI is InChI=1S/C21H22FN5O2S/c22-17-3-1-15(2-4-17)18-13-19(25-24-18)20(28)23-6-7-26-8-10-27(11-9-26)21(29)16-5-12-30-14-16/h1-5,12-14H,6-11H2,(H,23,28)(H,24,25). The summed E-state index contributed by atoms with van der Waals surface area (Å²) in [5.41, 5.74) is 2.44. The minimum absolute atomic E-state index is 0.0837. The fourth-order valence-electron chi connectivity index (χ4n) is 3.37. The van der Waals surface area contributed by atoms with Crippen molar-refractivity contribution in [1.82, 2.24) is 25.3 Å². The zero-order chi connectivity index (χ0) is 20.9. The number of nitrogens with zero attached hydrogens (tertiary/aromatic N) is 3. The Morgan fingerprint density at radius 2 is 1.90 bits per heavy atom. The highest BCUT2D eigenvalue weighted by Crippen LogP contribution is 2.18. The van der Waals surface area contributed by atoms with Gasteiger partial charge in [0.2, 0.25) is 0 Å². The topological polar surface area (TPSA) is 81.3 Å². The first-order valence-electron chi connectivity index (χ1n) is 9.73. The molecule has 30 heavy (non-hydrogen) atoms. The Hall–Kier alpha value is -3.04. The molecule has 2 N–H and O–H groups in total. The number of hydrogen-bond acceptors (Lipinski definition) is 5. The van der Waals surface area contributed by atoms with Crippen LogP contribution < -0.4 is 5.32 Å². The van der Waals surface area contributed by atoms with Gasteiger partial charge in [-0.2, -0.15) is 16.4 Å². The minimum Gasteiger partial charge on any atom is -0.349 e. The van der Waals surface area contributed by atoms with Gasteiger partial charge in [0.15, 0.2) is 0 Å². The number of halogens is 1. The average molecular weight is 428 g/mol. The van der Waals surface area contributed by atoms with Gasteiger partial charge in [-0.25, -0.2) is 4.39 Å². The third-order valence-corrected chi connectivity index (χ3v) is 5.79. The zero-order valence-corrected chi connectivity index (χ0v) is 17.1. The second-order valence-corrected chi connectivity index (χ2v) is 7.86. The maximum atomic E-state index is 13.0. The number of H-pyrrole nitrogens is 1. The number of thiophene rings is 1. The van der Waals surface area contributed by atoms with E-state index in [0.717, 1.165) is 24.2 Å². The van der Waals surface area contributed by atoms with Gasteiger partial charge >= 0.3 is 0 Å². The van der Waals surface area contributed by atoms with E-state index < -0.39 is 0 Å². The number of carbonyl (C=O) groups is 2. The minimum atomic E-state index is -0.316. The van der Waals surface area contributed by atoms with Crippen molar-refractivity contribution < 1.29 is 14.0 Å². The maximum absolute atomic E-state index is 13.0. The second-order valence-electron chi connectivity index (χ2n) is 7.08. The van der Waals surface area contributed by atoms with Crippen LogP contribution in [0.15, 0.2) is 47.2 Å². The number of amides is 2. The molecule has 0 spiro atoms. The molecule has 7 nitrogen and oxygen atoms in total. The predicted molar refractivity (Wildman–Crippen MR) is 113 cm³/mol. The molecule has 2 amide bonds. The molecule has 3 heterocycles. The van der Waals surface area contributed by atoms with Gasteiger partial charge in [0, 0.05) is 50.2 Å². The van der Waals surface area contributed by atoms with E-state index >= 15 is 0 Å². The third-order valence-electron chi connectivity index (χ3n) is 5.10. The van der Waals surface area contributed by atoms with Gasteiger partial charge in [-0.15, -0.1) is 0 Å². The molecule has 0 saturated carbocycles. The molecular weight excluding hydrogens is 405 g/mol. The van der Waals surface area contributed by atoms with Crippen LogP contribution in [0.5, 0.6) is 0 Å². The molecule has 0 unspecified atom stereocenters. The normalized spacial score (nSPS) is 14.6. The van der Waals surface area contributed by atoms with Gasteiger partial charge in [0.05, 0.1) is 11.3 Å². The van der Waals surface area contributed by atoms with Crippen LogP contribution >= 0.6 is 11.3 Å². The quantitative estimate of drug-likeness (QED) is 0.633. The molecule has 0 bridgehead atoms. The van der Waals surface area contributed by atoms with Crippen LogP contribution in [-0.2, 0) is 0 Å². The molecule has 1 aliphatic heterocycles. The summed E-state index contributed by atoms with van der Waals surface area (Å²) < 4.78 is 13.0. The van der Waals surface area contributed by atoms with Gasteiger partial charge in [-0.1, -0.05) is 0 Å². The molecule has 1 saturated heterocycles. The van der Waals surface area contributed by atoms with Crippen LogP contribution in [-0.4, -0.2) is 71.1 Å². The SMILES string of the molecule is O=C(NCCN1CCN(C(=O)c2ccsc2)CC1)c1cc(-c2ccc(F)cc2)n[nH]1. The van der Waals surface area contributed by atoms with Crippen molar-refractivity contribution in [2.75, 3.05) is 39.3 Å². The molecule has 9 heteroatoms. The highest BCUT2D eigenvalue weighted by Gasteiger charge is 2.22. The van der Waals surface area contributed by atoms with Gasteiger partial charge < -0.3 is 10.2 Å². The Balaban J connectivity index is 1.21.